The highest BCUT2D eigenvalue weighted by Gasteiger charge is 2.41. The van der Waals surface area contributed by atoms with Crippen LogP contribution in [-0.2, 0) is 10.0 Å². The second-order valence-electron chi connectivity index (χ2n) is 5.98. The summed E-state index contributed by atoms with van der Waals surface area (Å²) in [6, 6.07) is 2.54. The normalized spacial score (nSPS) is 16.0. The minimum absolute atomic E-state index is 0.0823. The zero-order chi connectivity index (χ0) is 16.0. The van der Waals surface area contributed by atoms with Gasteiger partial charge in [-0.3, -0.25) is 0 Å². The molecule has 1 aliphatic carbocycles. The second-order valence-corrected chi connectivity index (χ2v) is 8.07. The fourth-order valence-corrected chi connectivity index (χ4v) is 4.49. The molecule has 0 bridgehead atoms. The largest absolute Gasteiger partial charge is 0.478 e. The Morgan fingerprint density at radius 3 is 2.43 bits per heavy atom. The molecule has 0 unspecified atom stereocenters. The minimum Gasteiger partial charge on any atom is -0.478 e. The Hall–Kier alpha value is -1.11. The van der Waals surface area contributed by atoms with Gasteiger partial charge in [-0.1, -0.05) is 11.6 Å². The van der Waals surface area contributed by atoms with E-state index in [9.17, 15) is 13.2 Å². The van der Waals surface area contributed by atoms with Crippen molar-refractivity contribution in [2.75, 3.05) is 0 Å². The maximum absolute atomic E-state index is 12.6. The van der Waals surface area contributed by atoms with Gasteiger partial charge in [0.25, 0.3) is 0 Å². The van der Waals surface area contributed by atoms with Gasteiger partial charge in [-0.15, -0.1) is 0 Å². The van der Waals surface area contributed by atoms with Crippen molar-refractivity contribution in [2.45, 2.75) is 44.0 Å². The van der Waals surface area contributed by atoms with Crippen molar-refractivity contribution < 1.29 is 18.3 Å². The second kappa shape index (κ2) is 5.26. The summed E-state index contributed by atoms with van der Waals surface area (Å²) in [4.78, 5) is 11.1. The quantitative estimate of drug-likeness (QED) is 0.869. The maximum Gasteiger partial charge on any atom is 0.336 e. The zero-order valence-corrected chi connectivity index (χ0v) is 13.7. The fourth-order valence-electron chi connectivity index (χ4n) is 2.44. The Labute approximate surface area is 129 Å². The summed E-state index contributed by atoms with van der Waals surface area (Å²) in [5.41, 5.74) is -0.477. The third-order valence-electron chi connectivity index (χ3n) is 3.84. The Bertz CT molecular complexity index is 693. The van der Waals surface area contributed by atoms with Crippen LogP contribution in [0.4, 0.5) is 0 Å². The highest BCUT2D eigenvalue weighted by molar-refractivity contribution is 7.89. The number of carbonyl (C=O) groups is 1. The van der Waals surface area contributed by atoms with E-state index in [4.69, 9.17) is 16.7 Å². The number of carboxylic acid groups (broad SMARTS) is 1. The fraction of sp³-hybridized carbons (Fsp3) is 0.500. The van der Waals surface area contributed by atoms with Crippen LogP contribution in [0, 0.1) is 12.8 Å². The van der Waals surface area contributed by atoms with Crippen molar-refractivity contribution in [3.63, 3.8) is 0 Å². The lowest BCUT2D eigenvalue weighted by molar-refractivity contribution is 0.0696. The molecule has 1 aromatic rings. The van der Waals surface area contributed by atoms with Gasteiger partial charge in [0.1, 0.15) is 0 Å². The third-order valence-corrected chi connectivity index (χ3v) is 5.86. The van der Waals surface area contributed by atoms with Gasteiger partial charge in [0, 0.05) is 10.6 Å². The van der Waals surface area contributed by atoms with Crippen LogP contribution >= 0.6 is 11.6 Å². The van der Waals surface area contributed by atoms with Crippen LogP contribution < -0.4 is 4.72 Å². The predicted molar refractivity (Wildman–Crippen MR) is 80.3 cm³/mol. The Balaban J connectivity index is 2.47. The molecule has 0 atom stereocenters. The first-order valence-corrected chi connectivity index (χ1v) is 8.48. The van der Waals surface area contributed by atoms with Crippen molar-refractivity contribution in [2.24, 2.45) is 5.92 Å². The average Bonchev–Trinajstić information content (AvgIpc) is 3.13. The van der Waals surface area contributed by atoms with Gasteiger partial charge in [-0.25, -0.2) is 17.9 Å². The number of nitrogens with one attached hydrogen (secondary N) is 1. The maximum atomic E-state index is 12.6. The summed E-state index contributed by atoms with van der Waals surface area (Å²) < 4.78 is 27.8. The molecule has 5 nitrogen and oxygen atoms in total. The molecule has 0 radical (unpaired) electrons. The Kier molecular flexibility index (Phi) is 4.08. The van der Waals surface area contributed by atoms with Gasteiger partial charge >= 0.3 is 5.97 Å². The third kappa shape index (κ3) is 3.39. The van der Waals surface area contributed by atoms with Crippen LogP contribution in [0.25, 0.3) is 0 Å². The number of benzene rings is 1. The number of hydrogen-bond donors (Lipinski definition) is 2. The number of rotatable bonds is 5. The highest BCUT2D eigenvalue weighted by Crippen LogP contribution is 2.40. The number of hydrogen-bond acceptors (Lipinski definition) is 3. The summed E-state index contributed by atoms with van der Waals surface area (Å²) in [6.07, 6.45) is 1.98. The van der Waals surface area contributed by atoms with Gasteiger partial charge < -0.3 is 5.11 Å². The van der Waals surface area contributed by atoms with Crippen LogP contribution in [0.2, 0.25) is 5.02 Å². The first-order valence-electron chi connectivity index (χ1n) is 6.62. The van der Waals surface area contributed by atoms with Gasteiger partial charge in [-0.2, -0.15) is 0 Å². The van der Waals surface area contributed by atoms with E-state index < -0.39 is 21.5 Å². The summed E-state index contributed by atoms with van der Waals surface area (Å²) in [5, 5.41) is 9.22. The molecule has 1 aliphatic rings. The smallest absolute Gasteiger partial charge is 0.336 e. The molecule has 21 heavy (non-hydrogen) atoms. The van der Waals surface area contributed by atoms with Crippen molar-refractivity contribution in [3.05, 3.63) is 28.3 Å². The first-order chi connectivity index (χ1) is 9.54. The van der Waals surface area contributed by atoms with E-state index in [0.717, 1.165) is 12.8 Å². The van der Waals surface area contributed by atoms with Gasteiger partial charge in [0.15, 0.2) is 0 Å². The van der Waals surface area contributed by atoms with Crippen molar-refractivity contribution in [1.82, 2.24) is 4.72 Å². The van der Waals surface area contributed by atoms with E-state index in [0.29, 0.717) is 5.92 Å². The van der Waals surface area contributed by atoms with Gasteiger partial charge in [0.05, 0.1) is 10.5 Å². The van der Waals surface area contributed by atoms with Crippen LogP contribution in [0.5, 0.6) is 0 Å². The van der Waals surface area contributed by atoms with E-state index >= 15 is 0 Å². The molecule has 0 heterocycles. The van der Waals surface area contributed by atoms with E-state index in [2.05, 4.69) is 4.72 Å². The van der Waals surface area contributed by atoms with Gasteiger partial charge in [-0.05, 0) is 57.2 Å². The number of aromatic carboxylic acids is 1. The molecule has 7 heteroatoms. The Morgan fingerprint density at radius 2 is 1.95 bits per heavy atom. The lowest BCUT2D eigenvalue weighted by Gasteiger charge is -2.26. The number of carboxylic acids is 1. The zero-order valence-electron chi connectivity index (χ0n) is 12.1. The average molecular weight is 332 g/mol. The molecule has 0 aliphatic heterocycles. The first kappa shape index (κ1) is 16.3. The standard InChI is InChI=1S/C14H18ClNO4S/c1-8-11(13(17)18)6-10(15)7-12(8)21(19,20)16-14(2,3)9-4-5-9/h6-7,9,16H,4-5H2,1-3H3,(H,17,18). The summed E-state index contributed by atoms with van der Waals surface area (Å²) >= 11 is 5.86. The SMILES string of the molecule is Cc1c(C(=O)O)cc(Cl)cc1S(=O)(=O)NC(C)(C)C1CC1. The molecule has 116 valence electrons. The van der Waals surface area contributed by atoms with Crippen molar-refractivity contribution in [1.29, 1.82) is 0 Å². The molecule has 1 saturated carbocycles. The predicted octanol–water partition coefficient (Wildman–Crippen LogP) is 2.81. The van der Waals surface area contributed by atoms with Crippen LogP contribution in [0.15, 0.2) is 17.0 Å². The molecule has 2 N–H and O–H groups in total. The molecular formula is C14H18ClNO4S. The van der Waals surface area contributed by atoms with E-state index in [1.54, 1.807) is 0 Å². The summed E-state index contributed by atoms with van der Waals surface area (Å²) in [7, 11) is -3.83. The minimum atomic E-state index is -3.83. The summed E-state index contributed by atoms with van der Waals surface area (Å²) in [6.45, 7) is 5.14. The molecule has 1 aromatic carbocycles. The van der Waals surface area contributed by atoms with Crippen LogP contribution in [-0.4, -0.2) is 25.0 Å². The van der Waals surface area contributed by atoms with E-state index in [1.165, 1.54) is 19.1 Å². The number of halogens is 1. The van der Waals surface area contributed by atoms with Crippen LogP contribution in [0.3, 0.4) is 0 Å². The van der Waals surface area contributed by atoms with Crippen molar-refractivity contribution >= 4 is 27.6 Å². The molecule has 0 spiro atoms. The number of sulfonamides is 1. The monoisotopic (exact) mass is 331 g/mol. The van der Waals surface area contributed by atoms with E-state index in [-0.39, 0.29) is 21.0 Å². The molecule has 0 saturated heterocycles. The lowest BCUT2D eigenvalue weighted by Crippen LogP contribution is -2.45. The summed E-state index contributed by atoms with van der Waals surface area (Å²) in [5.74, 6) is -0.890. The van der Waals surface area contributed by atoms with Crippen LogP contribution in [0.1, 0.15) is 42.6 Å². The topological polar surface area (TPSA) is 83.5 Å². The molecular weight excluding hydrogens is 314 g/mol. The molecule has 0 amide bonds. The lowest BCUT2D eigenvalue weighted by atomic mass is 10.0. The Morgan fingerprint density at radius 1 is 1.38 bits per heavy atom. The van der Waals surface area contributed by atoms with E-state index in [1.807, 2.05) is 13.8 Å². The van der Waals surface area contributed by atoms with Gasteiger partial charge in [0.2, 0.25) is 10.0 Å². The molecule has 0 aromatic heterocycles. The molecule has 1 fully saturated rings. The van der Waals surface area contributed by atoms with Crippen molar-refractivity contribution in [3.8, 4) is 0 Å². The molecule has 2 rings (SSSR count). The highest BCUT2D eigenvalue weighted by atomic mass is 35.5.